The summed E-state index contributed by atoms with van der Waals surface area (Å²) >= 11 is 5.14. The van der Waals surface area contributed by atoms with Crippen molar-refractivity contribution in [3.05, 3.63) is 59.2 Å². The molecule has 0 spiro atoms. The summed E-state index contributed by atoms with van der Waals surface area (Å²) in [6.07, 6.45) is 0. The highest BCUT2D eigenvalue weighted by Crippen LogP contribution is 2.22. The smallest absolute Gasteiger partial charge is 0.261 e. The molecule has 2 N–H and O–H groups in total. The van der Waals surface area contributed by atoms with E-state index in [1.807, 2.05) is 13.0 Å². The molecule has 0 unspecified atom stereocenters. The number of benzene rings is 2. The van der Waals surface area contributed by atoms with Crippen molar-refractivity contribution in [2.75, 3.05) is 12.4 Å². The van der Waals surface area contributed by atoms with Gasteiger partial charge in [0.05, 0.1) is 23.9 Å². The van der Waals surface area contributed by atoms with Crippen molar-refractivity contribution in [2.45, 2.75) is 6.92 Å². The van der Waals surface area contributed by atoms with Crippen LogP contribution in [0.1, 0.15) is 21.5 Å². The zero-order valence-corrected chi connectivity index (χ0v) is 13.5. The number of ether oxygens (including phenoxy) is 1. The molecule has 0 atom stereocenters. The number of nitrogens with zero attached hydrogens (tertiary/aromatic N) is 1. The van der Waals surface area contributed by atoms with Crippen molar-refractivity contribution in [1.29, 1.82) is 5.26 Å². The predicted octanol–water partition coefficient (Wildman–Crippen LogP) is 3.00. The van der Waals surface area contributed by atoms with Crippen LogP contribution < -0.4 is 15.4 Å². The fourth-order valence-electron chi connectivity index (χ4n) is 2.12. The van der Waals surface area contributed by atoms with Crippen LogP contribution in [-0.4, -0.2) is 18.1 Å². The van der Waals surface area contributed by atoms with Crippen LogP contribution in [0, 0.1) is 18.3 Å². The number of para-hydroxylation sites is 2. The third kappa shape index (κ3) is 3.84. The van der Waals surface area contributed by atoms with Crippen molar-refractivity contribution in [3.63, 3.8) is 0 Å². The fourth-order valence-corrected chi connectivity index (χ4v) is 2.32. The lowest BCUT2D eigenvalue weighted by atomic mass is 10.1. The van der Waals surface area contributed by atoms with Crippen molar-refractivity contribution in [2.24, 2.45) is 0 Å². The van der Waals surface area contributed by atoms with Crippen molar-refractivity contribution < 1.29 is 9.53 Å². The van der Waals surface area contributed by atoms with Gasteiger partial charge in [0.1, 0.15) is 11.8 Å². The third-order valence-corrected chi connectivity index (χ3v) is 3.39. The predicted molar refractivity (Wildman–Crippen MR) is 92.6 cm³/mol. The first-order valence-electron chi connectivity index (χ1n) is 6.82. The normalized spacial score (nSPS) is 9.61. The maximum atomic E-state index is 12.3. The van der Waals surface area contributed by atoms with Crippen LogP contribution in [-0.2, 0) is 0 Å². The fraction of sp³-hybridized carbons (Fsp3) is 0.118. The summed E-state index contributed by atoms with van der Waals surface area (Å²) in [5.41, 5.74) is 2.23. The Hall–Kier alpha value is -2.91. The van der Waals surface area contributed by atoms with E-state index in [1.165, 1.54) is 7.11 Å². The summed E-state index contributed by atoms with van der Waals surface area (Å²) in [7, 11) is 1.51. The van der Waals surface area contributed by atoms with Crippen LogP contribution in [0.4, 0.5) is 5.69 Å². The summed E-state index contributed by atoms with van der Waals surface area (Å²) < 4.78 is 5.27. The number of methoxy groups -OCH3 is 1. The average Bonchev–Trinajstić information content (AvgIpc) is 2.54. The van der Waals surface area contributed by atoms with Crippen LogP contribution in [0.5, 0.6) is 5.75 Å². The van der Waals surface area contributed by atoms with E-state index in [2.05, 4.69) is 16.7 Å². The lowest BCUT2D eigenvalue weighted by molar-refractivity contribution is 0.0974. The number of rotatable bonds is 3. The Labute approximate surface area is 139 Å². The van der Waals surface area contributed by atoms with Crippen LogP contribution >= 0.6 is 12.2 Å². The van der Waals surface area contributed by atoms with Gasteiger partial charge in [0.15, 0.2) is 5.11 Å². The first-order chi connectivity index (χ1) is 11.1. The third-order valence-electron chi connectivity index (χ3n) is 3.18. The van der Waals surface area contributed by atoms with Gasteiger partial charge in [0.2, 0.25) is 0 Å². The van der Waals surface area contributed by atoms with Gasteiger partial charge in [-0.25, -0.2) is 0 Å². The second-order valence-corrected chi connectivity index (χ2v) is 5.13. The highest BCUT2D eigenvalue weighted by molar-refractivity contribution is 7.80. The lowest BCUT2D eigenvalue weighted by Gasteiger charge is -2.13. The summed E-state index contributed by atoms with van der Waals surface area (Å²) in [5.74, 6) is 0.128. The molecular weight excluding hydrogens is 310 g/mol. The van der Waals surface area contributed by atoms with E-state index in [0.717, 1.165) is 5.56 Å². The SMILES string of the molecule is COc1c(C)cccc1C(=O)NC(=S)Nc1ccccc1C#N. The molecule has 2 aromatic rings. The maximum absolute atomic E-state index is 12.3. The second-order valence-electron chi connectivity index (χ2n) is 4.72. The maximum Gasteiger partial charge on any atom is 0.261 e. The highest BCUT2D eigenvalue weighted by atomic mass is 32.1. The Balaban J connectivity index is 2.14. The molecule has 0 aliphatic heterocycles. The number of aryl methyl sites for hydroxylation is 1. The number of hydrogen-bond donors (Lipinski definition) is 2. The minimum Gasteiger partial charge on any atom is -0.496 e. The molecule has 23 heavy (non-hydrogen) atoms. The standard InChI is InChI=1S/C17H15N3O2S/c1-11-6-5-8-13(15(11)22-2)16(21)20-17(23)19-14-9-4-3-7-12(14)10-18/h3-9H,1-2H3,(H2,19,20,21,23). The number of anilines is 1. The molecule has 1 amide bonds. The van der Waals surface area contributed by atoms with E-state index >= 15 is 0 Å². The molecule has 0 saturated heterocycles. The molecular formula is C17H15N3O2S. The molecule has 6 heteroatoms. The van der Waals surface area contributed by atoms with E-state index in [0.29, 0.717) is 22.6 Å². The van der Waals surface area contributed by atoms with E-state index in [4.69, 9.17) is 22.2 Å². The molecule has 0 aromatic heterocycles. The van der Waals surface area contributed by atoms with Gasteiger partial charge in [0.25, 0.3) is 5.91 Å². The van der Waals surface area contributed by atoms with Gasteiger partial charge in [-0.05, 0) is 42.9 Å². The molecule has 0 saturated carbocycles. The van der Waals surface area contributed by atoms with Crippen LogP contribution in [0.2, 0.25) is 0 Å². The minimum absolute atomic E-state index is 0.112. The Kier molecular flexibility index (Phi) is 5.28. The molecule has 0 bridgehead atoms. The van der Waals surface area contributed by atoms with Gasteiger partial charge in [-0.3, -0.25) is 10.1 Å². The zero-order valence-electron chi connectivity index (χ0n) is 12.7. The first kappa shape index (κ1) is 16.5. The summed E-state index contributed by atoms with van der Waals surface area (Å²) in [6.45, 7) is 1.86. The monoisotopic (exact) mass is 325 g/mol. The first-order valence-corrected chi connectivity index (χ1v) is 7.22. The van der Waals surface area contributed by atoms with Crippen molar-refractivity contribution >= 4 is 28.9 Å². The Morgan fingerprint density at radius 2 is 1.96 bits per heavy atom. The van der Waals surface area contributed by atoms with Gasteiger partial charge in [-0.1, -0.05) is 24.3 Å². The minimum atomic E-state index is -0.377. The Morgan fingerprint density at radius 3 is 2.65 bits per heavy atom. The molecule has 0 fully saturated rings. The van der Waals surface area contributed by atoms with Gasteiger partial charge in [0, 0.05) is 0 Å². The van der Waals surface area contributed by atoms with E-state index in [-0.39, 0.29) is 11.0 Å². The quantitative estimate of drug-likeness (QED) is 0.849. The second kappa shape index (κ2) is 7.38. The summed E-state index contributed by atoms with van der Waals surface area (Å²) in [5, 5.41) is 14.6. The van der Waals surface area contributed by atoms with E-state index in [1.54, 1.807) is 36.4 Å². The van der Waals surface area contributed by atoms with Crippen molar-refractivity contribution in [3.8, 4) is 11.8 Å². The number of amides is 1. The number of hydrogen-bond acceptors (Lipinski definition) is 4. The van der Waals surface area contributed by atoms with Gasteiger partial charge in [-0.15, -0.1) is 0 Å². The number of carbonyl (C=O) groups excluding carboxylic acids is 1. The Bertz CT molecular complexity index is 797. The number of thiocarbonyl (C=S) groups is 1. The summed E-state index contributed by atoms with van der Waals surface area (Å²) in [6, 6.07) is 14.2. The highest BCUT2D eigenvalue weighted by Gasteiger charge is 2.15. The average molecular weight is 325 g/mol. The molecule has 5 nitrogen and oxygen atoms in total. The van der Waals surface area contributed by atoms with Gasteiger partial charge >= 0.3 is 0 Å². The number of carbonyl (C=O) groups is 1. The summed E-state index contributed by atoms with van der Waals surface area (Å²) in [4.78, 5) is 12.3. The topological polar surface area (TPSA) is 74.2 Å². The van der Waals surface area contributed by atoms with Crippen LogP contribution in [0.25, 0.3) is 0 Å². The molecule has 116 valence electrons. The molecule has 2 rings (SSSR count). The van der Waals surface area contributed by atoms with Crippen LogP contribution in [0.3, 0.4) is 0 Å². The number of nitriles is 1. The molecule has 0 heterocycles. The van der Waals surface area contributed by atoms with Gasteiger partial charge < -0.3 is 10.1 Å². The lowest BCUT2D eigenvalue weighted by Crippen LogP contribution is -2.34. The molecule has 2 aromatic carbocycles. The van der Waals surface area contributed by atoms with Crippen LogP contribution in [0.15, 0.2) is 42.5 Å². The molecule has 0 aliphatic rings. The number of nitrogens with one attached hydrogen (secondary N) is 2. The van der Waals surface area contributed by atoms with E-state index < -0.39 is 0 Å². The van der Waals surface area contributed by atoms with Gasteiger partial charge in [-0.2, -0.15) is 5.26 Å². The largest absolute Gasteiger partial charge is 0.496 e. The zero-order chi connectivity index (χ0) is 16.8. The molecule has 0 radical (unpaired) electrons. The van der Waals surface area contributed by atoms with E-state index in [9.17, 15) is 4.79 Å². The Morgan fingerprint density at radius 1 is 1.22 bits per heavy atom. The van der Waals surface area contributed by atoms with Crippen molar-refractivity contribution in [1.82, 2.24) is 5.32 Å². The molecule has 0 aliphatic carbocycles.